The van der Waals surface area contributed by atoms with E-state index < -0.39 is 0 Å². The van der Waals surface area contributed by atoms with E-state index in [1.165, 1.54) is 5.56 Å². The Morgan fingerprint density at radius 3 is 2.93 bits per heavy atom. The summed E-state index contributed by atoms with van der Waals surface area (Å²) < 4.78 is 6.23. The van der Waals surface area contributed by atoms with E-state index in [2.05, 4.69) is 39.2 Å². The van der Waals surface area contributed by atoms with Crippen molar-refractivity contribution in [3.05, 3.63) is 28.5 Å². The highest BCUT2D eigenvalue weighted by Gasteiger charge is 2.32. The van der Waals surface area contributed by atoms with Crippen LogP contribution >= 0.6 is 15.9 Å². The van der Waals surface area contributed by atoms with Crippen LogP contribution in [0.2, 0.25) is 0 Å². The lowest BCUT2D eigenvalue weighted by Crippen LogP contribution is -2.47. The second-order valence-electron chi connectivity index (χ2n) is 4.42. The quantitative estimate of drug-likeness (QED) is 0.909. The number of ether oxygens (including phenoxy) is 1. The number of halogens is 1. The minimum atomic E-state index is 0.333. The Morgan fingerprint density at radius 2 is 2.33 bits per heavy atom. The third-order valence-corrected chi connectivity index (χ3v) is 2.98. The Balaban J connectivity index is 1.78. The van der Waals surface area contributed by atoms with E-state index in [1.54, 1.807) is 6.20 Å². The van der Waals surface area contributed by atoms with Crippen molar-refractivity contribution in [1.29, 1.82) is 0 Å². The maximum atomic E-state index is 5.20. The van der Waals surface area contributed by atoms with Crippen molar-refractivity contribution in [2.24, 2.45) is 5.41 Å². The summed E-state index contributed by atoms with van der Waals surface area (Å²) in [5.41, 5.74) is 1.53. The van der Waals surface area contributed by atoms with E-state index in [1.807, 2.05) is 6.20 Å². The Labute approximate surface area is 98.4 Å². The second-order valence-corrected chi connectivity index (χ2v) is 5.33. The van der Waals surface area contributed by atoms with Gasteiger partial charge in [0.05, 0.1) is 13.2 Å². The van der Waals surface area contributed by atoms with Crippen LogP contribution in [0.25, 0.3) is 0 Å². The highest BCUT2D eigenvalue weighted by atomic mass is 79.9. The normalized spacial score (nSPS) is 18.5. The zero-order chi connectivity index (χ0) is 10.7. The molecule has 0 aromatic carbocycles. The standard InChI is InChI=1S/C11H15BrN2O/c1-11(7-15-8-11)6-14-4-9-2-10(12)5-13-3-9/h2-3,5,14H,4,6-8H2,1H3. The minimum absolute atomic E-state index is 0.333. The SMILES string of the molecule is CC1(CNCc2cncc(Br)c2)COC1. The molecule has 0 amide bonds. The fourth-order valence-corrected chi connectivity index (χ4v) is 2.03. The Morgan fingerprint density at radius 1 is 1.53 bits per heavy atom. The predicted octanol–water partition coefficient (Wildman–Crippen LogP) is 1.97. The molecule has 0 aliphatic carbocycles. The minimum Gasteiger partial charge on any atom is -0.380 e. The zero-order valence-corrected chi connectivity index (χ0v) is 10.4. The van der Waals surface area contributed by atoms with Gasteiger partial charge in [-0.3, -0.25) is 4.98 Å². The lowest BCUT2D eigenvalue weighted by Gasteiger charge is -2.38. The van der Waals surface area contributed by atoms with Gasteiger partial charge in [0, 0.05) is 35.4 Å². The molecule has 0 bridgehead atoms. The van der Waals surface area contributed by atoms with Crippen LogP contribution in [-0.4, -0.2) is 24.7 Å². The van der Waals surface area contributed by atoms with Gasteiger partial charge in [0.2, 0.25) is 0 Å². The van der Waals surface area contributed by atoms with Crippen molar-refractivity contribution in [2.45, 2.75) is 13.5 Å². The fraction of sp³-hybridized carbons (Fsp3) is 0.545. The first-order chi connectivity index (χ1) is 7.18. The Bertz CT molecular complexity index is 339. The van der Waals surface area contributed by atoms with E-state index in [4.69, 9.17) is 4.74 Å². The molecular weight excluding hydrogens is 256 g/mol. The summed E-state index contributed by atoms with van der Waals surface area (Å²) in [4.78, 5) is 4.12. The first-order valence-corrected chi connectivity index (χ1v) is 5.85. The van der Waals surface area contributed by atoms with Gasteiger partial charge in [-0.1, -0.05) is 6.92 Å². The smallest absolute Gasteiger partial charge is 0.0554 e. The Kier molecular flexibility index (Phi) is 3.38. The van der Waals surface area contributed by atoms with Gasteiger partial charge in [-0.2, -0.15) is 0 Å². The number of rotatable bonds is 4. The number of hydrogen-bond acceptors (Lipinski definition) is 3. The predicted molar refractivity (Wildman–Crippen MR) is 62.6 cm³/mol. The van der Waals surface area contributed by atoms with E-state index in [0.717, 1.165) is 30.8 Å². The van der Waals surface area contributed by atoms with Gasteiger partial charge >= 0.3 is 0 Å². The average molecular weight is 271 g/mol. The molecule has 0 saturated carbocycles. The molecule has 0 atom stereocenters. The topological polar surface area (TPSA) is 34.2 Å². The first-order valence-electron chi connectivity index (χ1n) is 5.06. The van der Waals surface area contributed by atoms with Crippen LogP contribution < -0.4 is 5.32 Å². The fourth-order valence-electron chi connectivity index (χ4n) is 1.61. The second kappa shape index (κ2) is 4.60. The molecule has 2 heterocycles. The summed E-state index contributed by atoms with van der Waals surface area (Å²) in [6, 6.07) is 2.08. The maximum Gasteiger partial charge on any atom is 0.0554 e. The lowest BCUT2D eigenvalue weighted by atomic mass is 9.89. The third kappa shape index (κ3) is 3.00. The lowest BCUT2D eigenvalue weighted by molar-refractivity contribution is -0.0991. The number of nitrogens with one attached hydrogen (secondary N) is 1. The molecule has 0 spiro atoms. The van der Waals surface area contributed by atoms with Crippen LogP contribution in [-0.2, 0) is 11.3 Å². The highest BCUT2D eigenvalue weighted by molar-refractivity contribution is 9.10. The molecule has 0 unspecified atom stereocenters. The van der Waals surface area contributed by atoms with Crippen molar-refractivity contribution in [3.63, 3.8) is 0 Å². The van der Waals surface area contributed by atoms with Gasteiger partial charge in [-0.25, -0.2) is 0 Å². The van der Waals surface area contributed by atoms with Crippen LogP contribution in [0.1, 0.15) is 12.5 Å². The molecule has 1 aliphatic rings. The number of nitrogens with zero attached hydrogens (tertiary/aromatic N) is 1. The molecule has 1 fully saturated rings. The summed E-state index contributed by atoms with van der Waals surface area (Å²) in [5, 5.41) is 3.43. The Hall–Kier alpha value is -0.450. The van der Waals surface area contributed by atoms with Crippen LogP contribution in [0.15, 0.2) is 22.9 Å². The van der Waals surface area contributed by atoms with Crippen LogP contribution in [0.4, 0.5) is 0 Å². The summed E-state index contributed by atoms with van der Waals surface area (Å²) in [5.74, 6) is 0. The number of pyridine rings is 1. The van der Waals surface area contributed by atoms with Crippen molar-refractivity contribution in [2.75, 3.05) is 19.8 Å². The van der Waals surface area contributed by atoms with Gasteiger partial charge in [0.15, 0.2) is 0 Å². The number of hydrogen-bond donors (Lipinski definition) is 1. The maximum absolute atomic E-state index is 5.20. The third-order valence-electron chi connectivity index (χ3n) is 2.54. The first kappa shape index (κ1) is 11.0. The molecule has 82 valence electrons. The molecule has 2 rings (SSSR count). The van der Waals surface area contributed by atoms with Gasteiger partial charge < -0.3 is 10.1 Å². The summed E-state index contributed by atoms with van der Waals surface area (Å²) in [6.45, 7) is 5.84. The molecule has 1 saturated heterocycles. The van der Waals surface area contributed by atoms with Gasteiger partial charge in [0.1, 0.15) is 0 Å². The monoisotopic (exact) mass is 270 g/mol. The highest BCUT2D eigenvalue weighted by Crippen LogP contribution is 2.25. The van der Waals surface area contributed by atoms with Gasteiger partial charge in [0.25, 0.3) is 0 Å². The zero-order valence-electron chi connectivity index (χ0n) is 8.79. The molecule has 4 heteroatoms. The average Bonchev–Trinajstić information content (AvgIpc) is 2.15. The van der Waals surface area contributed by atoms with E-state index in [-0.39, 0.29) is 0 Å². The van der Waals surface area contributed by atoms with E-state index in [0.29, 0.717) is 5.41 Å². The molecule has 1 N–H and O–H groups in total. The molecule has 3 nitrogen and oxygen atoms in total. The van der Waals surface area contributed by atoms with Crippen molar-refractivity contribution in [1.82, 2.24) is 10.3 Å². The van der Waals surface area contributed by atoms with Gasteiger partial charge in [-0.05, 0) is 27.6 Å². The van der Waals surface area contributed by atoms with Crippen LogP contribution in [0, 0.1) is 5.41 Å². The summed E-state index contributed by atoms with van der Waals surface area (Å²) in [6.07, 6.45) is 3.68. The van der Waals surface area contributed by atoms with E-state index >= 15 is 0 Å². The van der Waals surface area contributed by atoms with Crippen LogP contribution in [0.3, 0.4) is 0 Å². The molecular formula is C11H15BrN2O. The van der Waals surface area contributed by atoms with Crippen molar-refractivity contribution >= 4 is 15.9 Å². The summed E-state index contributed by atoms with van der Waals surface area (Å²) >= 11 is 3.41. The van der Waals surface area contributed by atoms with Gasteiger partial charge in [-0.15, -0.1) is 0 Å². The molecule has 0 radical (unpaired) electrons. The van der Waals surface area contributed by atoms with Crippen molar-refractivity contribution in [3.8, 4) is 0 Å². The molecule has 15 heavy (non-hydrogen) atoms. The van der Waals surface area contributed by atoms with Crippen molar-refractivity contribution < 1.29 is 4.74 Å². The number of aromatic nitrogens is 1. The van der Waals surface area contributed by atoms with E-state index in [9.17, 15) is 0 Å². The van der Waals surface area contributed by atoms with Crippen LogP contribution in [0.5, 0.6) is 0 Å². The molecule has 1 aromatic heterocycles. The largest absolute Gasteiger partial charge is 0.380 e. The molecule has 1 aromatic rings. The molecule has 1 aliphatic heterocycles. The summed E-state index contributed by atoms with van der Waals surface area (Å²) in [7, 11) is 0.